The molecule has 0 radical (unpaired) electrons. The van der Waals surface area contributed by atoms with E-state index in [2.05, 4.69) is 0 Å². The summed E-state index contributed by atoms with van der Waals surface area (Å²) in [5.41, 5.74) is -1.25. The van der Waals surface area contributed by atoms with Crippen molar-refractivity contribution in [1.29, 1.82) is 0 Å². The van der Waals surface area contributed by atoms with Crippen molar-refractivity contribution in [1.82, 2.24) is 0 Å². The Morgan fingerprint density at radius 1 is 0.955 bits per heavy atom. The molecule has 5 heteroatoms. The van der Waals surface area contributed by atoms with Crippen LogP contribution in [0.5, 0.6) is 0 Å². The average molecular weight is 312 g/mol. The van der Waals surface area contributed by atoms with Crippen molar-refractivity contribution >= 4 is 17.7 Å². The van der Waals surface area contributed by atoms with Gasteiger partial charge in [-0.05, 0) is 41.5 Å². The SMILES string of the molecule is CC1C(=O)C[C@@H](OC(=O)C(C)(C)C)C[C@@H]1OC(=O)C(C)(C)C. The summed E-state index contributed by atoms with van der Waals surface area (Å²) in [5.74, 6) is -1.10. The zero-order valence-corrected chi connectivity index (χ0v) is 14.7. The molecule has 0 aromatic heterocycles. The van der Waals surface area contributed by atoms with Gasteiger partial charge >= 0.3 is 11.9 Å². The summed E-state index contributed by atoms with van der Waals surface area (Å²) in [5, 5.41) is 0. The van der Waals surface area contributed by atoms with Crippen LogP contribution in [0.15, 0.2) is 0 Å². The number of Topliss-reactive ketones (excluding diaryl/α,β-unsaturated/α-hetero) is 1. The fourth-order valence-electron chi connectivity index (χ4n) is 2.05. The molecule has 0 aromatic rings. The Morgan fingerprint density at radius 3 is 1.86 bits per heavy atom. The molecule has 1 fully saturated rings. The average Bonchev–Trinajstić information content (AvgIpc) is 2.32. The minimum absolute atomic E-state index is 0.0373. The van der Waals surface area contributed by atoms with Crippen LogP contribution in [0, 0.1) is 16.7 Å². The highest BCUT2D eigenvalue weighted by Gasteiger charge is 2.40. The van der Waals surface area contributed by atoms with Crippen LogP contribution in [-0.4, -0.2) is 29.9 Å². The first-order chi connectivity index (χ1) is 9.82. The first kappa shape index (κ1) is 18.7. The quantitative estimate of drug-likeness (QED) is 0.733. The molecule has 0 amide bonds. The molecule has 0 aliphatic heterocycles. The van der Waals surface area contributed by atoms with E-state index in [1.165, 1.54) is 0 Å². The van der Waals surface area contributed by atoms with Crippen molar-refractivity contribution in [3.05, 3.63) is 0 Å². The van der Waals surface area contributed by atoms with E-state index in [1.807, 2.05) is 0 Å². The Labute approximate surface area is 132 Å². The molecule has 22 heavy (non-hydrogen) atoms. The molecule has 3 atom stereocenters. The Bertz CT molecular complexity index is 453. The van der Waals surface area contributed by atoms with Gasteiger partial charge in [0, 0.05) is 12.8 Å². The summed E-state index contributed by atoms with van der Waals surface area (Å²) in [6, 6.07) is 0. The van der Waals surface area contributed by atoms with Gasteiger partial charge in [-0.3, -0.25) is 14.4 Å². The molecule has 0 saturated heterocycles. The largest absolute Gasteiger partial charge is 0.461 e. The van der Waals surface area contributed by atoms with Gasteiger partial charge in [-0.2, -0.15) is 0 Å². The van der Waals surface area contributed by atoms with Gasteiger partial charge in [-0.25, -0.2) is 0 Å². The lowest BCUT2D eigenvalue weighted by atomic mass is 9.84. The number of esters is 2. The number of hydrogen-bond acceptors (Lipinski definition) is 5. The summed E-state index contributed by atoms with van der Waals surface area (Å²) >= 11 is 0. The molecule has 1 aliphatic carbocycles. The van der Waals surface area contributed by atoms with Crippen LogP contribution in [-0.2, 0) is 23.9 Å². The molecule has 1 rings (SSSR count). The highest BCUT2D eigenvalue weighted by Crippen LogP contribution is 2.30. The summed E-state index contributed by atoms with van der Waals surface area (Å²) < 4.78 is 10.9. The van der Waals surface area contributed by atoms with Crippen LogP contribution < -0.4 is 0 Å². The molecule has 0 heterocycles. The number of hydrogen-bond donors (Lipinski definition) is 0. The summed E-state index contributed by atoms with van der Waals surface area (Å²) in [4.78, 5) is 36.1. The third-order valence-corrected chi connectivity index (χ3v) is 3.75. The van der Waals surface area contributed by atoms with E-state index in [0.29, 0.717) is 6.42 Å². The molecule has 126 valence electrons. The van der Waals surface area contributed by atoms with Gasteiger partial charge in [0.1, 0.15) is 18.0 Å². The maximum absolute atomic E-state index is 12.1. The molecule has 5 nitrogen and oxygen atoms in total. The number of ether oxygens (including phenoxy) is 2. The number of rotatable bonds is 2. The second kappa shape index (κ2) is 6.39. The summed E-state index contributed by atoms with van der Waals surface area (Å²) in [6.07, 6.45) is -0.498. The fourth-order valence-corrected chi connectivity index (χ4v) is 2.05. The smallest absolute Gasteiger partial charge is 0.311 e. The highest BCUT2D eigenvalue weighted by molar-refractivity contribution is 5.84. The van der Waals surface area contributed by atoms with E-state index in [0.717, 1.165) is 0 Å². The van der Waals surface area contributed by atoms with Gasteiger partial charge in [0.25, 0.3) is 0 Å². The third-order valence-electron chi connectivity index (χ3n) is 3.75. The number of carbonyl (C=O) groups excluding carboxylic acids is 3. The lowest BCUT2D eigenvalue weighted by molar-refractivity contribution is -0.173. The van der Waals surface area contributed by atoms with Gasteiger partial charge in [0.15, 0.2) is 0 Å². The lowest BCUT2D eigenvalue weighted by Crippen LogP contribution is -2.44. The van der Waals surface area contributed by atoms with Gasteiger partial charge in [-0.1, -0.05) is 6.92 Å². The molecular weight excluding hydrogens is 284 g/mol. The monoisotopic (exact) mass is 312 g/mol. The standard InChI is InChI=1S/C17H28O5/c1-10-12(18)8-11(21-14(19)16(2,3)4)9-13(10)22-15(20)17(5,6)7/h10-11,13H,8-9H2,1-7H3/t10?,11-,13+/m1/s1. The van der Waals surface area contributed by atoms with E-state index in [4.69, 9.17) is 9.47 Å². The van der Waals surface area contributed by atoms with Crippen LogP contribution in [0.25, 0.3) is 0 Å². The van der Waals surface area contributed by atoms with Crippen LogP contribution in [0.2, 0.25) is 0 Å². The lowest BCUT2D eigenvalue weighted by Gasteiger charge is -2.34. The Morgan fingerprint density at radius 2 is 1.41 bits per heavy atom. The minimum Gasteiger partial charge on any atom is -0.461 e. The molecule has 0 aromatic carbocycles. The van der Waals surface area contributed by atoms with Gasteiger partial charge in [0.2, 0.25) is 0 Å². The summed E-state index contributed by atoms with van der Waals surface area (Å²) in [7, 11) is 0. The van der Waals surface area contributed by atoms with Gasteiger partial charge < -0.3 is 9.47 Å². The fraction of sp³-hybridized carbons (Fsp3) is 0.824. The van der Waals surface area contributed by atoms with Crippen molar-refractivity contribution in [3.8, 4) is 0 Å². The van der Waals surface area contributed by atoms with Crippen molar-refractivity contribution in [2.75, 3.05) is 0 Å². The van der Waals surface area contributed by atoms with Gasteiger partial charge in [0.05, 0.1) is 16.7 Å². The van der Waals surface area contributed by atoms with Crippen molar-refractivity contribution < 1.29 is 23.9 Å². The Hall–Kier alpha value is -1.39. The first-order valence-electron chi connectivity index (χ1n) is 7.77. The Balaban J connectivity index is 2.76. The maximum atomic E-state index is 12.1. The molecular formula is C17H28O5. The molecule has 0 bridgehead atoms. The van der Waals surface area contributed by atoms with Crippen LogP contribution in [0.1, 0.15) is 61.3 Å². The highest BCUT2D eigenvalue weighted by atomic mass is 16.6. The maximum Gasteiger partial charge on any atom is 0.311 e. The molecule has 1 aliphatic rings. The zero-order valence-electron chi connectivity index (χ0n) is 14.7. The van der Waals surface area contributed by atoms with E-state index < -0.39 is 23.0 Å². The normalized spacial score (nSPS) is 26.5. The summed E-state index contributed by atoms with van der Waals surface area (Å²) in [6.45, 7) is 12.3. The molecule has 0 spiro atoms. The second-order valence-electron chi connectivity index (χ2n) is 8.17. The van der Waals surface area contributed by atoms with E-state index in [-0.39, 0.29) is 30.1 Å². The number of carbonyl (C=O) groups is 3. The third kappa shape index (κ3) is 4.82. The van der Waals surface area contributed by atoms with E-state index >= 15 is 0 Å². The van der Waals surface area contributed by atoms with Crippen LogP contribution >= 0.6 is 0 Å². The number of ketones is 1. The predicted octanol–water partition coefficient (Wildman–Crippen LogP) is 2.90. The second-order valence-corrected chi connectivity index (χ2v) is 8.17. The predicted molar refractivity (Wildman–Crippen MR) is 82.1 cm³/mol. The van der Waals surface area contributed by atoms with Crippen molar-refractivity contribution in [3.63, 3.8) is 0 Å². The first-order valence-corrected chi connectivity index (χ1v) is 7.77. The molecule has 1 unspecified atom stereocenters. The van der Waals surface area contributed by atoms with E-state index in [1.54, 1.807) is 48.5 Å². The van der Waals surface area contributed by atoms with Crippen molar-refractivity contribution in [2.24, 2.45) is 16.7 Å². The van der Waals surface area contributed by atoms with Crippen LogP contribution in [0.3, 0.4) is 0 Å². The van der Waals surface area contributed by atoms with Crippen molar-refractivity contribution in [2.45, 2.75) is 73.5 Å². The topological polar surface area (TPSA) is 69.7 Å². The Kier molecular flexibility index (Phi) is 5.42. The molecule has 0 N–H and O–H groups in total. The van der Waals surface area contributed by atoms with Crippen LogP contribution in [0.4, 0.5) is 0 Å². The minimum atomic E-state index is -0.627. The molecule has 1 saturated carbocycles. The van der Waals surface area contributed by atoms with Gasteiger partial charge in [-0.15, -0.1) is 0 Å². The zero-order chi connectivity index (χ0) is 17.3. The van der Waals surface area contributed by atoms with E-state index in [9.17, 15) is 14.4 Å².